The molecule has 0 radical (unpaired) electrons. The fraction of sp³-hybridized carbons (Fsp3) is 0.188. The molecule has 0 aliphatic heterocycles. The molecule has 0 bridgehead atoms. The number of imidazole rings is 1. The molecule has 21 heavy (non-hydrogen) atoms. The Kier molecular flexibility index (Phi) is 3.78. The van der Waals surface area contributed by atoms with Crippen LogP contribution in [0.4, 0.5) is 4.39 Å². The van der Waals surface area contributed by atoms with E-state index in [1.54, 1.807) is 6.07 Å². The van der Waals surface area contributed by atoms with Gasteiger partial charge in [0.1, 0.15) is 11.6 Å². The second-order valence-electron chi connectivity index (χ2n) is 5.00. The summed E-state index contributed by atoms with van der Waals surface area (Å²) in [5, 5.41) is 10.3. The van der Waals surface area contributed by atoms with E-state index in [2.05, 4.69) is 20.9 Å². The van der Waals surface area contributed by atoms with Gasteiger partial charge in [0, 0.05) is 17.9 Å². The minimum absolute atomic E-state index is 0.334. The molecule has 0 spiro atoms. The number of para-hydroxylation sites is 2. The number of hydrogen-bond donors (Lipinski definition) is 1. The lowest BCUT2D eigenvalue weighted by Crippen LogP contribution is -2.07. The molecule has 1 atom stereocenters. The standard InChI is InChI=1S/C16H14BrFN2O/c1-20-14-5-3-2-4-13(14)19-16(20)9-15(21)10-6-11(17)8-12(18)7-10/h2-8,15,21H,9H2,1H3. The number of aromatic nitrogens is 2. The Morgan fingerprint density at radius 1 is 1.29 bits per heavy atom. The van der Waals surface area contributed by atoms with Crippen LogP contribution in [0.3, 0.4) is 0 Å². The molecule has 1 heterocycles. The Balaban J connectivity index is 1.92. The molecule has 3 aromatic rings. The molecule has 2 aromatic carbocycles. The third kappa shape index (κ3) is 2.84. The summed E-state index contributed by atoms with van der Waals surface area (Å²) in [5.41, 5.74) is 2.44. The number of fused-ring (bicyclic) bond motifs is 1. The third-order valence-corrected chi connectivity index (χ3v) is 3.98. The topological polar surface area (TPSA) is 38.0 Å². The van der Waals surface area contributed by atoms with Crippen molar-refractivity contribution in [2.24, 2.45) is 7.05 Å². The first-order chi connectivity index (χ1) is 10.0. The fourth-order valence-corrected chi connectivity index (χ4v) is 2.92. The first-order valence-corrected chi connectivity index (χ1v) is 7.38. The summed E-state index contributed by atoms with van der Waals surface area (Å²) in [5.74, 6) is 0.396. The lowest BCUT2D eigenvalue weighted by Gasteiger charge is -2.11. The van der Waals surface area contributed by atoms with E-state index in [-0.39, 0.29) is 5.82 Å². The van der Waals surface area contributed by atoms with Gasteiger partial charge in [-0.25, -0.2) is 9.37 Å². The van der Waals surface area contributed by atoms with Gasteiger partial charge in [0.15, 0.2) is 0 Å². The number of halogens is 2. The van der Waals surface area contributed by atoms with Crippen molar-refractivity contribution in [2.45, 2.75) is 12.5 Å². The van der Waals surface area contributed by atoms with E-state index in [9.17, 15) is 9.50 Å². The molecule has 1 N–H and O–H groups in total. The van der Waals surface area contributed by atoms with Crippen molar-refractivity contribution >= 4 is 27.0 Å². The van der Waals surface area contributed by atoms with Gasteiger partial charge < -0.3 is 9.67 Å². The number of aliphatic hydroxyl groups is 1. The SMILES string of the molecule is Cn1c(CC(O)c2cc(F)cc(Br)c2)nc2ccccc21. The predicted molar refractivity (Wildman–Crippen MR) is 83.5 cm³/mol. The predicted octanol–water partition coefficient (Wildman–Crippen LogP) is 3.75. The maximum Gasteiger partial charge on any atom is 0.124 e. The fourth-order valence-electron chi connectivity index (χ4n) is 2.44. The minimum Gasteiger partial charge on any atom is -0.388 e. The number of nitrogens with zero attached hydrogens (tertiary/aromatic N) is 2. The molecule has 0 aliphatic carbocycles. The highest BCUT2D eigenvalue weighted by atomic mass is 79.9. The Bertz CT molecular complexity index is 780. The summed E-state index contributed by atoms with van der Waals surface area (Å²) in [4.78, 5) is 4.52. The Morgan fingerprint density at radius 3 is 2.76 bits per heavy atom. The van der Waals surface area contributed by atoms with E-state index in [0.717, 1.165) is 16.9 Å². The Morgan fingerprint density at radius 2 is 2.05 bits per heavy atom. The normalized spacial score (nSPS) is 12.8. The van der Waals surface area contributed by atoms with Gasteiger partial charge in [-0.15, -0.1) is 0 Å². The molecule has 1 unspecified atom stereocenters. The molecule has 3 nitrogen and oxygen atoms in total. The molecule has 0 fully saturated rings. The Hall–Kier alpha value is -1.72. The zero-order valence-corrected chi connectivity index (χ0v) is 13.0. The van der Waals surface area contributed by atoms with Crippen molar-refractivity contribution in [3.63, 3.8) is 0 Å². The van der Waals surface area contributed by atoms with Gasteiger partial charge in [0.05, 0.1) is 17.1 Å². The molecule has 0 amide bonds. The average molecular weight is 349 g/mol. The number of rotatable bonds is 3. The number of hydrogen-bond acceptors (Lipinski definition) is 2. The highest BCUT2D eigenvalue weighted by Crippen LogP contribution is 2.24. The number of aryl methyl sites for hydroxylation is 1. The van der Waals surface area contributed by atoms with Gasteiger partial charge in [-0.05, 0) is 35.9 Å². The van der Waals surface area contributed by atoms with Crippen LogP contribution in [0.15, 0.2) is 46.9 Å². The average Bonchev–Trinajstić information content (AvgIpc) is 2.75. The van der Waals surface area contributed by atoms with Crippen molar-refractivity contribution in [3.05, 3.63) is 64.1 Å². The van der Waals surface area contributed by atoms with Crippen LogP contribution in [-0.4, -0.2) is 14.7 Å². The Labute approximate surface area is 130 Å². The van der Waals surface area contributed by atoms with E-state index in [1.165, 1.54) is 12.1 Å². The minimum atomic E-state index is -0.799. The van der Waals surface area contributed by atoms with Crippen molar-refractivity contribution in [1.82, 2.24) is 9.55 Å². The summed E-state index contributed by atoms with van der Waals surface area (Å²) in [6, 6.07) is 12.2. The highest BCUT2D eigenvalue weighted by Gasteiger charge is 2.15. The molecule has 108 valence electrons. The van der Waals surface area contributed by atoms with E-state index < -0.39 is 6.10 Å². The van der Waals surface area contributed by atoms with Gasteiger partial charge in [0.2, 0.25) is 0 Å². The molecule has 1 aromatic heterocycles. The molecule has 0 saturated carbocycles. The largest absolute Gasteiger partial charge is 0.388 e. The van der Waals surface area contributed by atoms with Gasteiger partial charge in [0.25, 0.3) is 0 Å². The summed E-state index contributed by atoms with van der Waals surface area (Å²) in [6.45, 7) is 0. The smallest absolute Gasteiger partial charge is 0.124 e. The second kappa shape index (κ2) is 5.58. The van der Waals surface area contributed by atoms with Crippen molar-refractivity contribution < 1.29 is 9.50 Å². The second-order valence-corrected chi connectivity index (χ2v) is 5.91. The molecule has 5 heteroatoms. The zero-order chi connectivity index (χ0) is 15.0. The van der Waals surface area contributed by atoms with E-state index >= 15 is 0 Å². The van der Waals surface area contributed by atoms with Crippen molar-refractivity contribution in [2.75, 3.05) is 0 Å². The van der Waals surface area contributed by atoms with E-state index in [4.69, 9.17) is 0 Å². The lowest BCUT2D eigenvalue weighted by molar-refractivity contribution is 0.174. The molecule has 0 aliphatic rings. The summed E-state index contributed by atoms with van der Waals surface area (Å²) >= 11 is 3.24. The summed E-state index contributed by atoms with van der Waals surface area (Å²) in [6.07, 6.45) is -0.464. The van der Waals surface area contributed by atoms with Crippen molar-refractivity contribution in [3.8, 4) is 0 Å². The molecular formula is C16H14BrFN2O. The summed E-state index contributed by atoms with van der Waals surface area (Å²) in [7, 11) is 1.92. The van der Waals surface area contributed by atoms with Gasteiger partial charge in [-0.3, -0.25) is 0 Å². The lowest BCUT2D eigenvalue weighted by atomic mass is 10.1. The molecular weight excluding hydrogens is 335 g/mol. The first-order valence-electron chi connectivity index (χ1n) is 6.59. The van der Waals surface area contributed by atoms with Crippen LogP contribution in [0.1, 0.15) is 17.5 Å². The highest BCUT2D eigenvalue weighted by molar-refractivity contribution is 9.10. The maximum atomic E-state index is 13.4. The molecule has 0 saturated heterocycles. The molecule has 3 rings (SSSR count). The zero-order valence-electron chi connectivity index (χ0n) is 11.4. The monoisotopic (exact) mass is 348 g/mol. The van der Waals surface area contributed by atoms with Crippen LogP contribution in [0.2, 0.25) is 0 Å². The van der Waals surface area contributed by atoms with Crippen LogP contribution in [0.5, 0.6) is 0 Å². The van der Waals surface area contributed by atoms with E-state index in [0.29, 0.717) is 16.5 Å². The number of aliphatic hydroxyl groups excluding tert-OH is 1. The quantitative estimate of drug-likeness (QED) is 0.782. The van der Waals surface area contributed by atoms with Gasteiger partial charge >= 0.3 is 0 Å². The van der Waals surface area contributed by atoms with Gasteiger partial charge in [-0.2, -0.15) is 0 Å². The summed E-state index contributed by atoms with van der Waals surface area (Å²) < 4.78 is 16.0. The first kappa shape index (κ1) is 14.2. The third-order valence-electron chi connectivity index (χ3n) is 3.53. The van der Waals surface area contributed by atoms with Crippen LogP contribution in [-0.2, 0) is 13.5 Å². The van der Waals surface area contributed by atoms with Gasteiger partial charge in [-0.1, -0.05) is 28.1 Å². The van der Waals surface area contributed by atoms with Crippen LogP contribution < -0.4 is 0 Å². The maximum absolute atomic E-state index is 13.4. The van der Waals surface area contributed by atoms with E-state index in [1.807, 2.05) is 35.9 Å². The van der Waals surface area contributed by atoms with Crippen LogP contribution >= 0.6 is 15.9 Å². The number of benzene rings is 2. The van der Waals surface area contributed by atoms with Crippen LogP contribution in [0, 0.1) is 5.82 Å². The van der Waals surface area contributed by atoms with Crippen LogP contribution in [0.25, 0.3) is 11.0 Å². The van der Waals surface area contributed by atoms with Crippen molar-refractivity contribution in [1.29, 1.82) is 0 Å².